The Morgan fingerprint density at radius 2 is 2.16 bits per heavy atom. The van der Waals surface area contributed by atoms with Crippen molar-refractivity contribution in [3.05, 3.63) is 48.6 Å². The van der Waals surface area contributed by atoms with Gasteiger partial charge in [0.05, 0.1) is 12.5 Å². The lowest BCUT2D eigenvalue weighted by Gasteiger charge is -2.17. The van der Waals surface area contributed by atoms with Gasteiger partial charge in [0.25, 0.3) is 0 Å². The molecule has 0 saturated carbocycles. The van der Waals surface area contributed by atoms with E-state index in [4.69, 9.17) is 4.74 Å². The number of hydrogen-bond acceptors (Lipinski definition) is 3. The van der Waals surface area contributed by atoms with Crippen molar-refractivity contribution in [2.45, 2.75) is 12.8 Å². The van der Waals surface area contributed by atoms with Crippen LogP contribution in [0.3, 0.4) is 0 Å². The smallest absolute Gasteiger partial charge is 0.310 e. The van der Waals surface area contributed by atoms with Crippen LogP contribution in [0.15, 0.2) is 43.0 Å². The number of hydrogen-bond donors (Lipinski definition) is 0. The molecule has 1 aliphatic rings. The van der Waals surface area contributed by atoms with E-state index in [9.17, 15) is 4.79 Å². The molecule has 102 valence electrons. The van der Waals surface area contributed by atoms with Crippen LogP contribution in [0, 0.1) is 5.92 Å². The molecule has 2 atom stereocenters. The molecule has 1 aromatic carbocycles. The van der Waals surface area contributed by atoms with Crippen molar-refractivity contribution in [1.82, 2.24) is 4.90 Å². The van der Waals surface area contributed by atoms with Crippen LogP contribution in [0.2, 0.25) is 0 Å². The third kappa shape index (κ3) is 3.24. The van der Waals surface area contributed by atoms with Gasteiger partial charge >= 0.3 is 5.97 Å². The fourth-order valence-corrected chi connectivity index (χ4v) is 2.74. The van der Waals surface area contributed by atoms with Gasteiger partial charge in [0.1, 0.15) is 0 Å². The largest absolute Gasteiger partial charge is 0.466 e. The summed E-state index contributed by atoms with van der Waals surface area (Å²) in [5.74, 6) is 0.0745. The molecule has 1 heterocycles. The van der Waals surface area contributed by atoms with Gasteiger partial charge in [-0.05, 0) is 12.5 Å². The van der Waals surface area contributed by atoms with E-state index in [1.54, 1.807) is 0 Å². The van der Waals surface area contributed by atoms with Gasteiger partial charge in [-0.2, -0.15) is 0 Å². The van der Waals surface area contributed by atoms with Crippen LogP contribution in [0.25, 0.3) is 0 Å². The predicted molar refractivity (Wildman–Crippen MR) is 75.9 cm³/mol. The summed E-state index contributed by atoms with van der Waals surface area (Å²) in [6, 6.07) is 10.2. The predicted octanol–water partition coefficient (Wildman–Crippen LogP) is 2.45. The minimum absolute atomic E-state index is 0.0673. The number of benzene rings is 1. The molecular formula is C16H21NO2. The van der Waals surface area contributed by atoms with Gasteiger partial charge in [0.2, 0.25) is 0 Å². The highest BCUT2D eigenvalue weighted by Gasteiger charge is 2.38. The molecule has 1 saturated heterocycles. The SMILES string of the molecule is C=CCN1CC(C(=O)OCC)C(c2ccccc2)C1. The molecule has 0 N–H and O–H groups in total. The Morgan fingerprint density at radius 3 is 2.79 bits per heavy atom. The lowest BCUT2D eigenvalue weighted by Crippen LogP contribution is -2.25. The maximum absolute atomic E-state index is 12.1. The Balaban J connectivity index is 2.17. The van der Waals surface area contributed by atoms with E-state index >= 15 is 0 Å². The van der Waals surface area contributed by atoms with E-state index in [0.29, 0.717) is 6.61 Å². The van der Waals surface area contributed by atoms with E-state index < -0.39 is 0 Å². The number of nitrogens with zero attached hydrogens (tertiary/aromatic N) is 1. The van der Waals surface area contributed by atoms with Crippen molar-refractivity contribution >= 4 is 5.97 Å². The molecule has 0 aromatic heterocycles. The Kier molecular flexibility index (Phi) is 4.74. The molecular weight excluding hydrogens is 238 g/mol. The highest BCUT2D eigenvalue weighted by atomic mass is 16.5. The molecule has 0 aliphatic carbocycles. The molecule has 3 nitrogen and oxygen atoms in total. The minimum Gasteiger partial charge on any atom is -0.466 e. The first kappa shape index (κ1) is 13.8. The van der Waals surface area contributed by atoms with Gasteiger partial charge in [-0.1, -0.05) is 36.4 Å². The second-order valence-electron chi connectivity index (χ2n) is 4.88. The van der Waals surface area contributed by atoms with Crippen LogP contribution in [0.1, 0.15) is 18.4 Å². The summed E-state index contributed by atoms with van der Waals surface area (Å²) in [6.45, 7) is 8.53. The van der Waals surface area contributed by atoms with Gasteiger partial charge in [0.15, 0.2) is 0 Å². The van der Waals surface area contributed by atoms with Crippen LogP contribution in [-0.4, -0.2) is 37.1 Å². The Bertz CT molecular complexity index is 430. The lowest BCUT2D eigenvalue weighted by molar-refractivity contribution is -0.148. The summed E-state index contributed by atoms with van der Waals surface area (Å²) in [4.78, 5) is 14.4. The zero-order chi connectivity index (χ0) is 13.7. The topological polar surface area (TPSA) is 29.5 Å². The van der Waals surface area contributed by atoms with Gasteiger partial charge in [-0.25, -0.2) is 0 Å². The minimum atomic E-state index is -0.0806. The fraction of sp³-hybridized carbons (Fsp3) is 0.438. The van der Waals surface area contributed by atoms with Crippen molar-refractivity contribution in [2.75, 3.05) is 26.2 Å². The van der Waals surface area contributed by atoms with Crippen LogP contribution in [-0.2, 0) is 9.53 Å². The normalized spacial score (nSPS) is 23.2. The van der Waals surface area contributed by atoms with Crippen LogP contribution in [0.4, 0.5) is 0 Å². The standard InChI is InChI=1S/C16H21NO2/c1-3-10-17-11-14(13-8-6-5-7-9-13)15(12-17)16(18)19-4-2/h3,5-9,14-15H,1,4,10-12H2,2H3. The van der Waals surface area contributed by atoms with Crippen molar-refractivity contribution in [3.63, 3.8) is 0 Å². The Hall–Kier alpha value is -1.61. The van der Waals surface area contributed by atoms with Crippen molar-refractivity contribution in [1.29, 1.82) is 0 Å². The average Bonchev–Trinajstić information content (AvgIpc) is 2.85. The summed E-state index contributed by atoms with van der Waals surface area (Å²) >= 11 is 0. The molecule has 1 fully saturated rings. The van der Waals surface area contributed by atoms with Gasteiger partial charge in [-0.15, -0.1) is 6.58 Å². The van der Waals surface area contributed by atoms with E-state index in [1.165, 1.54) is 5.56 Å². The molecule has 19 heavy (non-hydrogen) atoms. The molecule has 2 rings (SSSR count). The second-order valence-corrected chi connectivity index (χ2v) is 4.88. The molecule has 0 bridgehead atoms. The molecule has 2 unspecified atom stereocenters. The number of esters is 1. The zero-order valence-electron chi connectivity index (χ0n) is 11.4. The number of carbonyl (C=O) groups is 1. The van der Waals surface area contributed by atoms with E-state index in [0.717, 1.165) is 19.6 Å². The van der Waals surface area contributed by atoms with Crippen molar-refractivity contribution < 1.29 is 9.53 Å². The first-order chi connectivity index (χ1) is 9.26. The quantitative estimate of drug-likeness (QED) is 0.601. The second kappa shape index (κ2) is 6.53. The van der Waals surface area contributed by atoms with Crippen molar-refractivity contribution in [2.24, 2.45) is 5.92 Å². The van der Waals surface area contributed by atoms with E-state index in [2.05, 4.69) is 23.6 Å². The van der Waals surface area contributed by atoms with Crippen molar-refractivity contribution in [3.8, 4) is 0 Å². The summed E-state index contributed by atoms with van der Waals surface area (Å²) in [5, 5.41) is 0. The number of rotatable bonds is 5. The summed E-state index contributed by atoms with van der Waals surface area (Å²) in [6.07, 6.45) is 1.88. The van der Waals surface area contributed by atoms with Crippen LogP contribution < -0.4 is 0 Å². The van der Waals surface area contributed by atoms with Gasteiger partial charge in [0, 0.05) is 25.6 Å². The molecule has 1 aromatic rings. The lowest BCUT2D eigenvalue weighted by atomic mass is 9.89. The van der Waals surface area contributed by atoms with Crippen LogP contribution in [0.5, 0.6) is 0 Å². The molecule has 0 amide bonds. The first-order valence-corrected chi connectivity index (χ1v) is 6.81. The highest BCUT2D eigenvalue weighted by molar-refractivity contribution is 5.74. The average molecular weight is 259 g/mol. The molecule has 3 heteroatoms. The van der Waals surface area contributed by atoms with E-state index in [-0.39, 0.29) is 17.8 Å². The Morgan fingerprint density at radius 1 is 1.42 bits per heavy atom. The molecule has 1 aliphatic heterocycles. The third-order valence-electron chi connectivity index (χ3n) is 3.60. The highest BCUT2D eigenvalue weighted by Crippen LogP contribution is 2.33. The zero-order valence-corrected chi connectivity index (χ0v) is 11.4. The maximum Gasteiger partial charge on any atom is 0.310 e. The number of carbonyl (C=O) groups excluding carboxylic acids is 1. The molecule has 0 radical (unpaired) electrons. The van der Waals surface area contributed by atoms with Gasteiger partial charge in [-0.3, -0.25) is 9.69 Å². The summed E-state index contributed by atoms with van der Waals surface area (Å²) in [5.41, 5.74) is 1.21. The van der Waals surface area contributed by atoms with Gasteiger partial charge < -0.3 is 4.74 Å². The first-order valence-electron chi connectivity index (χ1n) is 6.81. The maximum atomic E-state index is 12.1. The number of ether oxygens (including phenoxy) is 1. The summed E-state index contributed by atoms with van der Waals surface area (Å²) in [7, 11) is 0. The van der Waals surface area contributed by atoms with E-state index in [1.807, 2.05) is 31.2 Å². The monoisotopic (exact) mass is 259 g/mol. The Labute approximate surface area is 114 Å². The molecule has 0 spiro atoms. The number of likely N-dealkylation sites (tertiary alicyclic amines) is 1. The summed E-state index contributed by atoms with van der Waals surface area (Å²) < 4.78 is 5.21. The fourth-order valence-electron chi connectivity index (χ4n) is 2.74. The van der Waals surface area contributed by atoms with Crippen LogP contribution >= 0.6 is 0 Å². The third-order valence-corrected chi connectivity index (χ3v) is 3.60.